The maximum Gasteiger partial charge on any atom is 0.356 e. The molecule has 1 fully saturated rings. The van der Waals surface area contributed by atoms with E-state index in [9.17, 15) is 15.2 Å². The zero-order chi connectivity index (χ0) is 24.2. The number of carbonyl (C=O) groups is 1. The average molecular weight is 498 g/mol. The maximum absolute atomic E-state index is 11.0. The van der Waals surface area contributed by atoms with E-state index in [1.165, 1.54) is 6.20 Å². The van der Waals surface area contributed by atoms with Crippen molar-refractivity contribution in [2.75, 3.05) is 31.1 Å². The highest BCUT2D eigenvalue weighted by molar-refractivity contribution is 6.33. The highest BCUT2D eigenvalue weighted by atomic mass is 35.5. The quantitative estimate of drug-likeness (QED) is 0.526. The molecule has 0 unspecified atom stereocenters. The fraction of sp³-hybridized carbons (Fsp3) is 0.250. The van der Waals surface area contributed by atoms with Crippen molar-refractivity contribution >= 4 is 34.9 Å². The molecule has 1 aliphatic rings. The van der Waals surface area contributed by atoms with Gasteiger partial charge in [0.15, 0.2) is 5.69 Å². The molecular formula is C24H21Cl2N5O3. The second-order valence-electron chi connectivity index (χ2n) is 7.95. The first-order valence-electron chi connectivity index (χ1n) is 10.5. The standard InChI is InChI=1S/C24H21Cl2N5O3/c25-17-4-2-16(3-5-17)22-13-30(14-23(32)19-11-29-20(12-28-19)24(33)34)7-8-31(22)21-6-1-15(10-27)9-18(21)26/h1-6,9,11-12,22-23,32H,7-8,13-14H2,(H,33,34)/t22-,23+/m0/s1. The molecule has 0 spiro atoms. The fourth-order valence-electron chi connectivity index (χ4n) is 4.03. The first-order chi connectivity index (χ1) is 16.4. The number of hydrogen-bond acceptors (Lipinski definition) is 7. The van der Waals surface area contributed by atoms with Crippen LogP contribution in [0.25, 0.3) is 0 Å². The molecule has 1 aromatic heterocycles. The number of hydrogen-bond donors (Lipinski definition) is 2. The van der Waals surface area contributed by atoms with Crippen LogP contribution >= 0.6 is 23.2 Å². The summed E-state index contributed by atoms with van der Waals surface area (Å²) in [5.41, 5.74) is 2.50. The molecule has 4 rings (SSSR count). The predicted octanol–water partition coefficient (Wildman–Crippen LogP) is 3.95. The summed E-state index contributed by atoms with van der Waals surface area (Å²) < 4.78 is 0. The summed E-state index contributed by atoms with van der Waals surface area (Å²) in [6.07, 6.45) is 1.51. The van der Waals surface area contributed by atoms with Crippen molar-refractivity contribution in [1.29, 1.82) is 5.26 Å². The monoisotopic (exact) mass is 497 g/mol. The predicted molar refractivity (Wildman–Crippen MR) is 128 cm³/mol. The van der Waals surface area contributed by atoms with Crippen molar-refractivity contribution in [2.24, 2.45) is 0 Å². The van der Waals surface area contributed by atoms with E-state index in [0.717, 1.165) is 17.4 Å². The van der Waals surface area contributed by atoms with Gasteiger partial charge in [0.1, 0.15) is 6.10 Å². The second-order valence-corrected chi connectivity index (χ2v) is 8.79. The molecule has 2 atom stereocenters. The van der Waals surface area contributed by atoms with Gasteiger partial charge in [-0.25, -0.2) is 9.78 Å². The summed E-state index contributed by atoms with van der Waals surface area (Å²) in [6, 6.07) is 14.9. The number of halogens is 2. The lowest BCUT2D eigenvalue weighted by Gasteiger charge is -2.44. The van der Waals surface area contributed by atoms with Crippen molar-refractivity contribution in [3.63, 3.8) is 0 Å². The van der Waals surface area contributed by atoms with E-state index >= 15 is 0 Å². The topological polar surface area (TPSA) is 114 Å². The minimum absolute atomic E-state index is 0.0795. The van der Waals surface area contributed by atoms with Gasteiger partial charge >= 0.3 is 5.97 Å². The Balaban J connectivity index is 1.56. The first-order valence-corrected chi connectivity index (χ1v) is 11.3. The Kier molecular flexibility index (Phi) is 7.29. The molecule has 2 heterocycles. The van der Waals surface area contributed by atoms with E-state index < -0.39 is 12.1 Å². The van der Waals surface area contributed by atoms with Gasteiger partial charge in [0.2, 0.25) is 0 Å². The van der Waals surface area contributed by atoms with Crippen LogP contribution in [0.2, 0.25) is 10.0 Å². The normalized spacial score (nSPS) is 17.2. The molecule has 2 aromatic carbocycles. The van der Waals surface area contributed by atoms with Gasteiger partial charge in [0, 0.05) is 31.2 Å². The molecular weight excluding hydrogens is 477 g/mol. The molecule has 0 bridgehead atoms. The van der Waals surface area contributed by atoms with E-state index in [1.807, 2.05) is 30.3 Å². The Hall–Kier alpha value is -3.22. The summed E-state index contributed by atoms with van der Waals surface area (Å²) in [6.45, 7) is 2.18. The van der Waals surface area contributed by atoms with Crippen LogP contribution in [-0.4, -0.2) is 57.2 Å². The Morgan fingerprint density at radius 3 is 2.53 bits per heavy atom. The second kappa shape index (κ2) is 10.4. The summed E-state index contributed by atoms with van der Waals surface area (Å²) in [5, 5.41) is 30.0. The Labute approximate surface area is 206 Å². The van der Waals surface area contributed by atoms with E-state index in [-0.39, 0.29) is 11.7 Å². The highest BCUT2D eigenvalue weighted by Gasteiger charge is 2.31. The van der Waals surface area contributed by atoms with Crippen molar-refractivity contribution in [3.05, 3.63) is 87.4 Å². The first kappa shape index (κ1) is 23.9. The number of piperazine rings is 1. The van der Waals surface area contributed by atoms with Crippen LogP contribution in [0.4, 0.5) is 5.69 Å². The van der Waals surface area contributed by atoms with Gasteiger partial charge in [-0.1, -0.05) is 35.3 Å². The third-order valence-electron chi connectivity index (χ3n) is 5.77. The fourth-order valence-corrected chi connectivity index (χ4v) is 4.45. The van der Waals surface area contributed by atoms with Crippen molar-refractivity contribution in [2.45, 2.75) is 12.1 Å². The van der Waals surface area contributed by atoms with E-state index in [2.05, 4.69) is 25.8 Å². The average Bonchev–Trinajstić information content (AvgIpc) is 2.84. The Bertz CT molecular complexity index is 1210. The van der Waals surface area contributed by atoms with Crippen molar-refractivity contribution < 1.29 is 15.0 Å². The van der Waals surface area contributed by atoms with E-state index in [4.69, 9.17) is 28.3 Å². The summed E-state index contributed by atoms with van der Waals surface area (Å²) >= 11 is 12.6. The summed E-state index contributed by atoms with van der Waals surface area (Å²) in [5.74, 6) is -1.17. The molecule has 8 nitrogen and oxygen atoms in total. The highest BCUT2D eigenvalue weighted by Crippen LogP contribution is 2.36. The van der Waals surface area contributed by atoms with E-state index in [1.54, 1.807) is 12.1 Å². The molecule has 0 saturated carbocycles. The number of carboxylic acids is 1. The lowest BCUT2D eigenvalue weighted by atomic mass is 10.0. The number of carboxylic acid groups (broad SMARTS) is 1. The van der Waals surface area contributed by atoms with Gasteiger partial charge in [-0.2, -0.15) is 5.26 Å². The number of aliphatic hydroxyl groups excluding tert-OH is 1. The number of anilines is 1. The number of nitriles is 1. The van der Waals surface area contributed by atoms with Gasteiger partial charge in [0.25, 0.3) is 0 Å². The lowest BCUT2D eigenvalue weighted by Crippen LogP contribution is -2.49. The molecule has 34 heavy (non-hydrogen) atoms. The lowest BCUT2D eigenvalue weighted by molar-refractivity contribution is 0.0688. The minimum atomic E-state index is -1.17. The molecule has 3 aromatic rings. The van der Waals surface area contributed by atoms with Crippen molar-refractivity contribution in [1.82, 2.24) is 14.9 Å². The number of nitrogens with zero attached hydrogens (tertiary/aromatic N) is 5. The molecule has 10 heteroatoms. The number of rotatable bonds is 6. The van der Waals surface area contributed by atoms with E-state index in [0.29, 0.717) is 47.5 Å². The van der Waals surface area contributed by atoms with Gasteiger partial charge in [-0.05, 0) is 35.9 Å². The van der Waals surface area contributed by atoms with Gasteiger partial charge in [-0.15, -0.1) is 0 Å². The van der Waals surface area contributed by atoms with Crippen LogP contribution in [-0.2, 0) is 0 Å². The number of aromatic carboxylic acids is 1. The third kappa shape index (κ3) is 5.29. The summed E-state index contributed by atoms with van der Waals surface area (Å²) in [7, 11) is 0. The number of aliphatic hydroxyl groups is 1. The number of benzene rings is 2. The van der Waals surface area contributed by atoms with Crippen LogP contribution in [0.3, 0.4) is 0 Å². The molecule has 1 saturated heterocycles. The zero-order valence-corrected chi connectivity index (χ0v) is 19.5. The molecule has 174 valence electrons. The SMILES string of the molecule is N#Cc1ccc(N2CCN(C[C@@H](O)c3cnc(C(=O)O)cn3)C[C@H]2c2ccc(Cl)cc2)c(Cl)c1. The molecule has 2 N–H and O–H groups in total. The molecule has 0 aliphatic carbocycles. The smallest absolute Gasteiger partial charge is 0.356 e. The minimum Gasteiger partial charge on any atom is -0.476 e. The molecule has 1 aliphatic heterocycles. The van der Waals surface area contributed by atoms with Crippen LogP contribution in [0.15, 0.2) is 54.9 Å². The third-order valence-corrected chi connectivity index (χ3v) is 6.32. The van der Waals surface area contributed by atoms with Crippen LogP contribution in [0.5, 0.6) is 0 Å². The molecule has 0 radical (unpaired) electrons. The van der Waals surface area contributed by atoms with Gasteiger partial charge in [0.05, 0.1) is 46.5 Å². The van der Waals surface area contributed by atoms with Crippen LogP contribution in [0, 0.1) is 11.3 Å². The van der Waals surface area contributed by atoms with Crippen molar-refractivity contribution in [3.8, 4) is 6.07 Å². The van der Waals surface area contributed by atoms with Gasteiger partial charge < -0.3 is 15.1 Å². The zero-order valence-electron chi connectivity index (χ0n) is 18.0. The summed E-state index contributed by atoms with van der Waals surface area (Å²) in [4.78, 5) is 23.2. The Morgan fingerprint density at radius 1 is 1.15 bits per heavy atom. The largest absolute Gasteiger partial charge is 0.476 e. The van der Waals surface area contributed by atoms with Crippen LogP contribution in [0.1, 0.15) is 39.5 Å². The Morgan fingerprint density at radius 2 is 1.91 bits per heavy atom. The number of aromatic nitrogens is 2. The maximum atomic E-state index is 11.0. The van der Waals surface area contributed by atoms with Gasteiger partial charge in [-0.3, -0.25) is 9.88 Å². The molecule has 0 amide bonds. The number of β-amino-alcohol motifs (C(OH)–C–C–N with tert-alkyl or cyclic N) is 1. The van der Waals surface area contributed by atoms with Crippen LogP contribution < -0.4 is 4.90 Å².